The molecule has 0 radical (unpaired) electrons. The maximum atomic E-state index is 12.3. The molecule has 0 aromatic carbocycles. The molecular weight excluding hydrogens is 582 g/mol. The Hall–Kier alpha value is -0.910. The van der Waals surface area contributed by atoms with Gasteiger partial charge in [-0.1, -0.05) is 187 Å². The van der Waals surface area contributed by atoms with Gasteiger partial charge in [0.25, 0.3) is 0 Å². The fourth-order valence-corrected chi connectivity index (χ4v) is 6.57. The fourth-order valence-electron chi connectivity index (χ4n) is 6.57. The first kappa shape index (κ1) is 46.1. The highest BCUT2D eigenvalue weighted by Crippen LogP contribution is 2.16. The summed E-state index contributed by atoms with van der Waals surface area (Å²) in [7, 11) is 0. The van der Waals surface area contributed by atoms with Gasteiger partial charge in [0.05, 0.1) is 24.9 Å². The minimum Gasteiger partial charge on any atom is -0.394 e. The third kappa shape index (κ3) is 34.7. The van der Waals surface area contributed by atoms with Crippen molar-refractivity contribution in [3.8, 4) is 0 Å². The standard InChI is InChI=1S/C42H83NO4/c1-3-5-7-9-11-13-15-17-18-19-20-21-22-23-24-25-27-29-31-33-35-39(45)37-41(46)40(38-44)43-42(47)36-34-32-30-28-26-16-14-12-10-8-6-4-2/h27,29,39-41,44-46H,3-26,28,30-38H2,1-2H3,(H,43,47)/b29-27+. The summed E-state index contributed by atoms with van der Waals surface area (Å²) in [5, 5.41) is 33.4. The SMILES string of the molecule is CCCCCCCCCCCCCCCCC/C=C/CCCC(O)CC(O)C(CO)NC(=O)CCCCCCCCCCCCCC. The molecule has 5 heteroatoms. The molecule has 0 fully saturated rings. The van der Waals surface area contributed by atoms with E-state index < -0.39 is 18.2 Å². The first-order chi connectivity index (χ1) is 23.0. The molecule has 0 aliphatic rings. The number of hydrogen-bond donors (Lipinski definition) is 4. The van der Waals surface area contributed by atoms with E-state index in [0.29, 0.717) is 12.8 Å². The molecule has 0 saturated heterocycles. The molecule has 4 N–H and O–H groups in total. The van der Waals surface area contributed by atoms with Crippen LogP contribution in [0, 0.1) is 0 Å². The molecule has 3 atom stereocenters. The Labute approximate surface area is 293 Å². The van der Waals surface area contributed by atoms with Gasteiger partial charge in [-0.05, 0) is 38.5 Å². The second-order valence-corrected chi connectivity index (χ2v) is 14.6. The summed E-state index contributed by atoms with van der Waals surface area (Å²) in [6, 6.07) is -0.718. The van der Waals surface area contributed by atoms with E-state index >= 15 is 0 Å². The first-order valence-corrected chi connectivity index (χ1v) is 21.0. The van der Waals surface area contributed by atoms with E-state index in [1.54, 1.807) is 0 Å². The summed E-state index contributed by atoms with van der Waals surface area (Å²) in [4.78, 5) is 12.3. The Kier molecular flexibility index (Phi) is 37.2. The molecule has 0 spiro atoms. The third-order valence-electron chi connectivity index (χ3n) is 9.83. The van der Waals surface area contributed by atoms with Crippen molar-refractivity contribution in [3.05, 3.63) is 12.2 Å². The average Bonchev–Trinajstić information content (AvgIpc) is 3.06. The number of aliphatic hydroxyl groups is 3. The van der Waals surface area contributed by atoms with Crippen molar-refractivity contribution < 1.29 is 20.1 Å². The number of nitrogens with one attached hydrogen (secondary N) is 1. The highest BCUT2D eigenvalue weighted by atomic mass is 16.3. The van der Waals surface area contributed by atoms with Crippen LogP contribution in [0.2, 0.25) is 0 Å². The zero-order chi connectivity index (χ0) is 34.5. The van der Waals surface area contributed by atoms with Crippen LogP contribution in [0.15, 0.2) is 12.2 Å². The Bertz CT molecular complexity index is 655. The highest BCUT2D eigenvalue weighted by Gasteiger charge is 2.23. The number of carbonyl (C=O) groups excluding carboxylic acids is 1. The van der Waals surface area contributed by atoms with Crippen LogP contribution in [0.25, 0.3) is 0 Å². The number of allylic oxidation sites excluding steroid dienone is 2. The van der Waals surface area contributed by atoms with Gasteiger partial charge in [0.2, 0.25) is 5.91 Å². The molecule has 3 unspecified atom stereocenters. The van der Waals surface area contributed by atoms with Crippen molar-refractivity contribution in [2.45, 2.75) is 244 Å². The van der Waals surface area contributed by atoms with E-state index in [-0.39, 0.29) is 18.9 Å². The lowest BCUT2D eigenvalue weighted by atomic mass is 10.0. The summed E-state index contributed by atoms with van der Waals surface area (Å²) in [5.74, 6) is -0.121. The zero-order valence-corrected chi connectivity index (χ0v) is 31.7. The number of rotatable bonds is 38. The third-order valence-corrected chi connectivity index (χ3v) is 9.83. The zero-order valence-electron chi connectivity index (χ0n) is 31.7. The molecule has 5 nitrogen and oxygen atoms in total. The molecule has 1 amide bonds. The van der Waals surface area contributed by atoms with Gasteiger partial charge >= 0.3 is 0 Å². The van der Waals surface area contributed by atoms with Crippen molar-refractivity contribution in [2.75, 3.05) is 6.61 Å². The molecular formula is C42H83NO4. The van der Waals surface area contributed by atoms with Gasteiger partial charge in [0.1, 0.15) is 0 Å². The molecule has 47 heavy (non-hydrogen) atoms. The summed E-state index contributed by atoms with van der Waals surface area (Å²) in [5.41, 5.74) is 0. The molecule has 280 valence electrons. The van der Waals surface area contributed by atoms with Crippen molar-refractivity contribution in [3.63, 3.8) is 0 Å². The van der Waals surface area contributed by atoms with Crippen LogP contribution < -0.4 is 5.32 Å². The van der Waals surface area contributed by atoms with E-state index in [4.69, 9.17) is 0 Å². The summed E-state index contributed by atoms with van der Waals surface area (Å²) >= 11 is 0. The van der Waals surface area contributed by atoms with Crippen molar-refractivity contribution in [2.24, 2.45) is 0 Å². The first-order valence-electron chi connectivity index (χ1n) is 21.0. The molecule has 0 aromatic heterocycles. The molecule has 0 aromatic rings. The van der Waals surface area contributed by atoms with Crippen LogP contribution in [0.4, 0.5) is 0 Å². The Balaban J connectivity index is 3.63. The Morgan fingerprint density at radius 2 is 0.894 bits per heavy atom. The van der Waals surface area contributed by atoms with E-state index in [0.717, 1.165) is 38.5 Å². The number of unbranched alkanes of at least 4 members (excludes halogenated alkanes) is 27. The predicted octanol–water partition coefficient (Wildman–Crippen LogP) is 11.7. The molecule has 0 aliphatic carbocycles. The monoisotopic (exact) mass is 666 g/mol. The quantitative estimate of drug-likeness (QED) is 0.0390. The average molecular weight is 666 g/mol. The van der Waals surface area contributed by atoms with Crippen molar-refractivity contribution in [1.29, 1.82) is 0 Å². The van der Waals surface area contributed by atoms with E-state index in [1.165, 1.54) is 154 Å². The molecule has 0 aliphatic heterocycles. The van der Waals surface area contributed by atoms with E-state index in [2.05, 4.69) is 31.3 Å². The maximum absolute atomic E-state index is 12.3. The van der Waals surface area contributed by atoms with E-state index in [9.17, 15) is 20.1 Å². The van der Waals surface area contributed by atoms with E-state index in [1.807, 2.05) is 0 Å². The Morgan fingerprint density at radius 1 is 0.532 bits per heavy atom. The summed E-state index contributed by atoms with van der Waals surface area (Å²) in [6.45, 7) is 4.22. The number of carbonyl (C=O) groups is 1. The van der Waals surface area contributed by atoms with Crippen LogP contribution in [-0.2, 0) is 4.79 Å². The summed E-state index contributed by atoms with van der Waals surface area (Å²) < 4.78 is 0. The van der Waals surface area contributed by atoms with Crippen LogP contribution in [0.3, 0.4) is 0 Å². The lowest BCUT2D eigenvalue weighted by Crippen LogP contribution is -2.46. The molecule has 0 saturated carbocycles. The lowest BCUT2D eigenvalue weighted by Gasteiger charge is -2.24. The van der Waals surface area contributed by atoms with Gasteiger partial charge in [0.15, 0.2) is 0 Å². The van der Waals surface area contributed by atoms with Crippen LogP contribution in [-0.4, -0.2) is 46.1 Å². The highest BCUT2D eigenvalue weighted by molar-refractivity contribution is 5.76. The van der Waals surface area contributed by atoms with Gasteiger partial charge in [-0.2, -0.15) is 0 Å². The van der Waals surface area contributed by atoms with Crippen LogP contribution >= 0.6 is 0 Å². The van der Waals surface area contributed by atoms with Gasteiger partial charge in [-0.3, -0.25) is 4.79 Å². The van der Waals surface area contributed by atoms with Gasteiger partial charge in [0, 0.05) is 12.8 Å². The maximum Gasteiger partial charge on any atom is 0.220 e. The topological polar surface area (TPSA) is 89.8 Å². The summed E-state index contributed by atoms with van der Waals surface area (Å²) in [6.07, 6.45) is 43.0. The molecule has 0 bridgehead atoms. The van der Waals surface area contributed by atoms with Gasteiger partial charge in [-0.15, -0.1) is 0 Å². The normalized spacial score (nSPS) is 13.7. The lowest BCUT2D eigenvalue weighted by molar-refractivity contribution is -0.123. The molecule has 0 rings (SSSR count). The van der Waals surface area contributed by atoms with Crippen LogP contribution in [0.5, 0.6) is 0 Å². The second-order valence-electron chi connectivity index (χ2n) is 14.6. The number of aliphatic hydroxyl groups excluding tert-OH is 3. The van der Waals surface area contributed by atoms with Gasteiger partial charge < -0.3 is 20.6 Å². The fraction of sp³-hybridized carbons (Fsp3) is 0.929. The predicted molar refractivity (Wildman–Crippen MR) is 204 cm³/mol. The number of amides is 1. The number of hydrogen-bond acceptors (Lipinski definition) is 4. The second kappa shape index (κ2) is 37.9. The molecule has 0 heterocycles. The smallest absolute Gasteiger partial charge is 0.220 e. The van der Waals surface area contributed by atoms with Crippen LogP contribution in [0.1, 0.15) is 226 Å². The van der Waals surface area contributed by atoms with Gasteiger partial charge in [-0.25, -0.2) is 0 Å². The largest absolute Gasteiger partial charge is 0.394 e. The minimum absolute atomic E-state index is 0.121. The minimum atomic E-state index is -0.943. The van der Waals surface area contributed by atoms with Crippen molar-refractivity contribution in [1.82, 2.24) is 5.32 Å². The van der Waals surface area contributed by atoms with Crippen molar-refractivity contribution >= 4 is 5.91 Å². The Morgan fingerprint density at radius 3 is 1.30 bits per heavy atom.